The Kier molecular flexibility index (Phi) is 5.78. The second-order valence-electron chi connectivity index (χ2n) is 11.2. The molecule has 9 rings (SSSR count). The molecule has 0 N–H and O–H groups in total. The first kappa shape index (κ1) is 25.4. The number of anilines is 3. The van der Waals surface area contributed by atoms with Gasteiger partial charge in [-0.15, -0.1) is 0 Å². The molecule has 0 radical (unpaired) electrons. The smallest absolute Gasteiger partial charge is 0.227 e. The van der Waals surface area contributed by atoms with Gasteiger partial charge in [0.1, 0.15) is 16.7 Å². The lowest BCUT2D eigenvalue weighted by molar-refractivity contribution is 0.620. The molecule has 7 aromatic carbocycles. The van der Waals surface area contributed by atoms with E-state index in [1.165, 1.54) is 0 Å². The van der Waals surface area contributed by atoms with Crippen LogP contribution in [0.2, 0.25) is 0 Å². The third-order valence-electron chi connectivity index (χ3n) is 8.49. The molecule has 4 heteroatoms. The molecule has 0 atom stereocenters. The van der Waals surface area contributed by atoms with Crippen molar-refractivity contribution in [1.29, 1.82) is 0 Å². The molecule has 212 valence electrons. The molecule has 9 aromatic rings. The monoisotopic (exact) mass is 578 g/mol. The van der Waals surface area contributed by atoms with E-state index in [0.717, 1.165) is 77.6 Å². The van der Waals surface area contributed by atoms with Crippen molar-refractivity contribution in [1.82, 2.24) is 4.98 Å². The van der Waals surface area contributed by atoms with Gasteiger partial charge in [0.25, 0.3) is 0 Å². The van der Waals surface area contributed by atoms with Crippen molar-refractivity contribution in [3.05, 3.63) is 158 Å². The summed E-state index contributed by atoms with van der Waals surface area (Å²) in [4.78, 5) is 7.31. The minimum absolute atomic E-state index is 0.604. The SMILES string of the molecule is c1ccc(-c2nc3c(cc(N(c4ccc5c(c4)oc4ccccc45)c4ccccc4-c4ccccc4)c4ccccc43)o2)cc1. The number of benzene rings is 7. The summed E-state index contributed by atoms with van der Waals surface area (Å²) in [5, 5.41) is 4.30. The van der Waals surface area contributed by atoms with Crippen LogP contribution in [-0.2, 0) is 0 Å². The fraction of sp³-hybridized carbons (Fsp3) is 0. The topological polar surface area (TPSA) is 42.4 Å². The van der Waals surface area contributed by atoms with Crippen LogP contribution in [0, 0.1) is 0 Å². The van der Waals surface area contributed by atoms with Crippen molar-refractivity contribution in [3.8, 4) is 22.6 Å². The zero-order chi connectivity index (χ0) is 29.7. The average molecular weight is 579 g/mol. The van der Waals surface area contributed by atoms with Crippen LogP contribution in [0.3, 0.4) is 0 Å². The molecule has 45 heavy (non-hydrogen) atoms. The summed E-state index contributed by atoms with van der Waals surface area (Å²) in [5.41, 5.74) is 9.52. The molecule has 2 heterocycles. The van der Waals surface area contributed by atoms with E-state index in [2.05, 4.69) is 120 Å². The van der Waals surface area contributed by atoms with Crippen molar-refractivity contribution in [2.45, 2.75) is 0 Å². The van der Waals surface area contributed by atoms with Gasteiger partial charge in [-0.3, -0.25) is 0 Å². The highest BCUT2D eigenvalue weighted by Crippen LogP contribution is 2.46. The summed E-state index contributed by atoms with van der Waals surface area (Å²) in [6, 6.07) is 54.4. The summed E-state index contributed by atoms with van der Waals surface area (Å²) >= 11 is 0. The van der Waals surface area contributed by atoms with Crippen molar-refractivity contribution in [2.75, 3.05) is 4.90 Å². The summed E-state index contributed by atoms with van der Waals surface area (Å²) in [6.07, 6.45) is 0. The summed E-state index contributed by atoms with van der Waals surface area (Å²) < 4.78 is 12.9. The largest absolute Gasteiger partial charge is 0.456 e. The van der Waals surface area contributed by atoms with Gasteiger partial charge in [0.15, 0.2) is 5.58 Å². The summed E-state index contributed by atoms with van der Waals surface area (Å²) in [5.74, 6) is 0.604. The first-order valence-electron chi connectivity index (χ1n) is 15.1. The van der Waals surface area contributed by atoms with Gasteiger partial charge in [0, 0.05) is 50.5 Å². The zero-order valence-corrected chi connectivity index (χ0v) is 24.2. The maximum atomic E-state index is 6.49. The quantitative estimate of drug-likeness (QED) is 0.204. The highest BCUT2D eigenvalue weighted by Gasteiger charge is 2.23. The second-order valence-corrected chi connectivity index (χ2v) is 11.2. The molecule has 0 amide bonds. The van der Waals surface area contributed by atoms with Crippen molar-refractivity contribution >= 4 is 60.9 Å². The molecule has 0 aliphatic carbocycles. The molecule has 0 aliphatic heterocycles. The van der Waals surface area contributed by atoms with Crippen LogP contribution in [-0.4, -0.2) is 4.98 Å². The van der Waals surface area contributed by atoms with Crippen LogP contribution < -0.4 is 4.90 Å². The van der Waals surface area contributed by atoms with Gasteiger partial charge in [0.2, 0.25) is 5.89 Å². The zero-order valence-electron chi connectivity index (χ0n) is 24.2. The molecule has 0 unspecified atom stereocenters. The van der Waals surface area contributed by atoms with Crippen LogP contribution in [0.5, 0.6) is 0 Å². The van der Waals surface area contributed by atoms with E-state index < -0.39 is 0 Å². The van der Waals surface area contributed by atoms with Crippen LogP contribution in [0.4, 0.5) is 17.1 Å². The minimum atomic E-state index is 0.604. The predicted molar refractivity (Wildman–Crippen MR) is 184 cm³/mol. The van der Waals surface area contributed by atoms with E-state index in [9.17, 15) is 0 Å². The molecule has 0 saturated carbocycles. The van der Waals surface area contributed by atoms with E-state index >= 15 is 0 Å². The van der Waals surface area contributed by atoms with Gasteiger partial charge in [0.05, 0.1) is 11.4 Å². The molecule has 0 saturated heterocycles. The number of aromatic nitrogens is 1. The minimum Gasteiger partial charge on any atom is -0.456 e. The number of fused-ring (bicyclic) bond motifs is 6. The molecule has 2 aromatic heterocycles. The van der Waals surface area contributed by atoms with E-state index in [4.69, 9.17) is 13.8 Å². The van der Waals surface area contributed by atoms with Gasteiger partial charge >= 0.3 is 0 Å². The molecule has 0 spiro atoms. The van der Waals surface area contributed by atoms with E-state index in [0.29, 0.717) is 5.89 Å². The highest BCUT2D eigenvalue weighted by molar-refractivity contribution is 6.13. The molecule has 4 nitrogen and oxygen atoms in total. The Balaban J connectivity index is 1.35. The maximum absolute atomic E-state index is 6.49. The third kappa shape index (κ3) is 4.19. The number of hydrogen-bond donors (Lipinski definition) is 0. The first-order valence-corrected chi connectivity index (χ1v) is 15.1. The van der Waals surface area contributed by atoms with Gasteiger partial charge in [-0.1, -0.05) is 109 Å². The van der Waals surface area contributed by atoms with E-state index in [1.54, 1.807) is 0 Å². The van der Waals surface area contributed by atoms with Crippen LogP contribution >= 0.6 is 0 Å². The first-order chi connectivity index (χ1) is 22.3. The van der Waals surface area contributed by atoms with Crippen LogP contribution in [0.15, 0.2) is 167 Å². The number of oxazole rings is 1. The van der Waals surface area contributed by atoms with Crippen molar-refractivity contribution < 1.29 is 8.83 Å². The number of para-hydroxylation sites is 2. The van der Waals surface area contributed by atoms with Gasteiger partial charge in [-0.05, 0) is 42.0 Å². The Bertz CT molecular complexity index is 2490. The molecule has 0 fully saturated rings. The Morgan fingerprint density at radius 1 is 0.422 bits per heavy atom. The number of furan rings is 1. The number of rotatable bonds is 5. The van der Waals surface area contributed by atoms with E-state index in [1.807, 2.05) is 42.5 Å². The Hall–Kier alpha value is -6.13. The van der Waals surface area contributed by atoms with Crippen LogP contribution in [0.25, 0.3) is 66.4 Å². The second kappa shape index (κ2) is 10.2. The number of hydrogen-bond acceptors (Lipinski definition) is 4. The molecular formula is C41H26N2O2. The van der Waals surface area contributed by atoms with Crippen molar-refractivity contribution in [3.63, 3.8) is 0 Å². The van der Waals surface area contributed by atoms with Gasteiger partial charge in [-0.25, -0.2) is 4.98 Å². The maximum Gasteiger partial charge on any atom is 0.227 e. The number of nitrogens with zero attached hydrogens (tertiary/aromatic N) is 2. The Morgan fingerprint density at radius 3 is 1.89 bits per heavy atom. The normalized spacial score (nSPS) is 11.6. The lowest BCUT2D eigenvalue weighted by atomic mass is 10.00. The standard InChI is InChI=1S/C41H26N2O2/c1-3-13-27(14-4-1)30-17-9-11-21-35(30)43(29-23-24-33-32-19-10-12-22-37(32)44-38(33)25-29)36-26-39-40(34-20-8-7-18-31(34)36)42-41(45-39)28-15-5-2-6-16-28/h1-26H. The Morgan fingerprint density at radius 2 is 1.07 bits per heavy atom. The molecule has 0 aliphatic rings. The van der Waals surface area contributed by atoms with Gasteiger partial charge < -0.3 is 13.7 Å². The fourth-order valence-electron chi connectivity index (χ4n) is 6.42. The van der Waals surface area contributed by atoms with Gasteiger partial charge in [-0.2, -0.15) is 0 Å². The highest BCUT2D eigenvalue weighted by atomic mass is 16.3. The average Bonchev–Trinajstić information content (AvgIpc) is 3.71. The lowest BCUT2D eigenvalue weighted by Crippen LogP contribution is -2.11. The molecule has 0 bridgehead atoms. The third-order valence-corrected chi connectivity index (χ3v) is 8.49. The predicted octanol–water partition coefficient (Wildman–Crippen LogP) is 11.7. The van der Waals surface area contributed by atoms with E-state index in [-0.39, 0.29) is 0 Å². The lowest BCUT2D eigenvalue weighted by Gasteiger charge is -2.29. The Labute approximate surface area is 259 Å². The molecular weight excluding hydrogens is 552 g/mol. The summed E-state index contributed by atoms with van der Waals surface area (Å²) in [7, 11) is 0. The van der Waals surface area contributed by atoms with Crippen molar-refractivity contribution in [2.24, 2.45) is 0 Å². The summed E-state index contributed by atoms with van der Waals surface area (Å²) in [6.45, 7) is 0. The van der Waals surface area contributed by atoms with Crippen LogP contribution in [0.1, 0.15) is 0 Å². The fourth-order valence-corrected chi connectivity index (χ4v) is 6.42.